The third-order valence-electron chi connectivity index (χ3n) is 3.19. The summed E-state index contributed by atoms with van der Waals surface area (Å²) in [5, 5.41) is 3.52. The minimum absolute atomic E-state index is 0.0503. The fourth-order valence-corrected chi connectivity index (χ4v) is 1.71. The first kappa shape index (κ1) is 12.7. The molecule has 1 N–H and O–H groups in total. The van der Waals surface area contributed by atoms with Crippen molar-refractivity contribution >= 4 is 0 Å². The van der Waals surface area contributed by atoms with E-state index in [9.17, 15) is 0 Å². The summed E-state index contributed by atoms with van der Waals surface area (Å²) in [6.07, 6.45) is 7.42. The van der Waals surface area contributed by atoms with Gasteiger partial charge in [0.2, 0.25) is 0 Å². The third kappa shape index (κ3) is 4.35. The molecule has 1 saturated carbocycles. The Morgan fingerprint density at radius 2 is 2.13 bits per heavy atom. The van der Waals surface area contributed by atoms with E-state index in [1.54, 1.807) is 7.11 Å². The van der Waals surface area contributed by atoms with Crippen molar-refractivity contribution in [1.82, 2.24) is 5.32 Å². The molecule has 0 amide bonds. The predicted octanol–water partition coefficient (Wildman–Crippen LogP) is 3.24. The SMILES string of the molecule is C=C(CCCCC)C(NC1(C)CC1)OC. The van der Waals surface area contributed by atoms with Crippen molar-refractivity contribution < 1.29 is 4.74 Å². The Kier molecular flexibility index (Phi) is 4.81. The summed E-state index contributed by atoms with van der Waals surface area (Å²) in [6, 6.07) is 0. The van der Waals surface area contributed by atoms with Gasteiger partial charge < -0.3 is 4.74 Å². The maximum Gasteiger partial charge on any atom is 0.130 e. The zero-order chi connectivity index (χ0) is 11.3. The van der Waals surface area contributed by atoms with Gasteiger partial charge in [0, 0.05) is 12.6 Å². The van der Waals surface area contributed by atoms with E-state index in [2.05, 4.69) is 25.7 Å². The van der Waals surface area contributed by atoms with E-state index in [-0.39, 0.29) is 6.23 Å². The summed E-state index contributed by atoms with van der Waals surface area (Å²) < 4.78 is 5.45. The molecule has 2 heteroatoms. The lowest BCUT2D eigenvalue weighted by atomic mass is 10.1. The van der Waals surface area contributed by atoms with Crippen molar-refractivity contribution in [3.05, 3.63) is 12.2 Å². The second kappa shape index (κ2) is 5.66. The van der Waals surface area contributed by atoms with E-state index >= 15 is 0 Å². The molecule has 0 saturated heterocycles. The first-order chi connectivity index (χ1) is 7.11. The van der Waals surface area contributed by atoms with Crippen LogP contribution in [0, 0.1) is 0 Å². The molecule has 0 heterocycles. The molecule has 2 nitrogen and oxygen atoms in total. The first-order valence-electron chi connectivity index (χ1n) is 6.09. The van der Waals surface area contributed by atoms with Gasteiger partial charge in [0.15, 0.2) is 0 Å². The average Bonchev–Trinajstić information content (AvgIpc) is 2.93. The second-order valence-corrected chi connectivity index (χ2v) is 4.94. The lowest BCUT2D eigenvalue weighted by molar-refractivity contribution is 0.0876. The van der Waals surface area contributed by atoms with Gasteiger partial charge in [0.1, 0.15) is 6.23 Å². The maximum absolute atomic E-state index is 5.45. The van der Waals surface area contributed by atoms with Crippen LogP contribution < -0.4 is 5.32 Å². The van der Waals surface area contributed by atoms with E-state index in [1.165, 1.54) is 37.7 Å². The molecule has 0 aliphatic heterocycles. The minimum atomic E-state index is 0.0503. The Labute approximate surface area is 94.1 Å². The summed E-state index contributed by atoms with van der Waals surface area (Å²) in [6.45, 7) is 8.59. The maximum atomic E-state index is 5.45. The highest BCUT2D eigenvalue weighted by Gasteiger charge is 2.39. The molecule has 1 atom stereocenters. The van der Waals surface area contributed by atoms with E-state index in [0.29, 0.717) is 5.54 Å². The fourth-order valence-electron chi connectivity index (χ4n) is 1.71. The smallest absolute Gasteiger partial charge is 0.130 e. The van der Waals surface area contributed by atoms with Crippen molar-refractivity contribution in [3.8, 4) is 0 Å². The van der Waals surface area contributed by atoms with Gasteiger partial charge in [-0.15, -0.1) is 0 Å². The van der Waals surface area contributed by atoms with Crippen LogP contribution in [-0.4, -0.2) is 18.9 Å². The molecule has 0 bridgehead atoms. The monoisotopic (exact) mass is 211 g/mol. The number of hydrogen-bond acceptors (Lipinski definition) is 2. The number of unbranched alkanes of at least 4 members (excludes halogenated alkanes) is 2. The molecule has 1 unspecified atom stereocenters. The van der Waals surface area contributed by atoms with Crippen LogP contribution in [0.5, 0.6) is 0 Å². The van der Waals surface area contributed by atoms with Crippen molar-refractivity contribution in [2.24, 2.45) is 0 Å². The Morgan fingerprint density at radius 1 is 1.47 bits per heavy atom. The largest absolute Gasteiger partial charge is 0.363 e. The van der Waals surface area contributed by atoms with Gasteiger partial charge in [0.05, 0.1) is 0 Å². The van der Waals surface area contributed by atoms with Crippen molar-refractivity contribution in [2.45, 2.75) is 64.1 Å². The van der Waals surface area contributed by atoms with Crippen LogP contribution in [0.4, 0.5) is 0 Å². The number of methoxy groups -OCH3 is 1. The number of hydrogen-bond donors (Lipinski definition) is 1. The van der Waals surface area contributed by atoms with Crippen LogP contribution in [-0.2, 0) is 4.74 Å². The molecule has 0 aromatic carbocycles. The summed E-state index contributed by atoms with van der Waals surface area (Å²) >= 11 is 0. The van der Waals surface area contributed by atoms with Gasteiger partial charge in [-0.2, -0.15) is 0 Å². The van der Waals surface area contributed by atoms with Crippen LogP contribution in [0.15, 0.2) is 12.2 Å². The van der Waals surface area contributed by atoms with Gasteiger partial charge in [0.25, 0.3) is 0 Å². The molecular weight excluding hydrogens is 186 g/mol. The number of nitrogens with one attached hydrogen (secondary N) is 1. The Morgan fingerprint density at radius 3 is 2.60 bits per heavy atom. The fraction of sp³-hybridized carbons (Fsp3) is 0.846. The highest BCUT2D eigenvalue weighted by atomic mass is 16.5. The second-order valence-electron chi connectivity index (χ2n) is 4.94. The highest BCUT2D eigenvalue weighted by molar-refractivity contribution is 5.07. The van der Waals surface area contributed by atoms with Crippen LogP contribution in [0.2, 0.25) is 0 Å². The minimum Gasteiger partial charge on any atom is -0.363 e. The van der Waals surface area contributed by atoms with Gasteiger partial charge in [-0.05, 0) is 38.2 Å². The molecule has 1 aliphatic rings. The molecule has 1 aliphatic carbocycles. The molecular formula is C13H25NO. The molecule has 0 spiro atoms. The van der Waals surface area contributed by atoms with E-state index in [0.717, 1.165) is 6.42 Å². The summed E-state index contributed by atoms with van der Waals surface area (Å²) in [5.41, 5.74) is 1.51. The van der Waals surface area contributed by atoms with Crippen molar-refractivity contribution in [2.75, 3.05) is 7.11 Å². The Balaban J connectivity index is 2.26. The molecule has 1 rings (SSSR count). The van der Waals surface area contributed by atoms with Crippen LogP contribution >= 0.6 is 0 Å². The highest BCUT2D eigenvalue weighted by Crippen LogP contribution is 2.35. The zero-order valence-electron chi connectivity index (χ0n) is 10.4. The summed E-state index contributed by atoms with van der Waals surface area (Å²) in [4.78, 5) is 0. The van der Waals surface area contributed by atoms with Crippen molar-refractivity contribution in [3.63, 3.8) is 0 Å². The van der Waals surface area contributed by atoms with E-state index in [4.69, 9.17) is 4.74 Å². The molecule has 0 aromatic rings. The van der Waals surface area contributed by atoms with Crippen LogP contribution in [0.1, 0.15) is 52.4 Å². The Hall–Kier alpha value is -0.340. The first-order valence-corrected chi connectivity index (χ1v) is 6.09. The van der Waals surface area contributed by atoms with Gasteiger partial charge in [-0.3, -0.25) is 5.32 Å². The molecule has 1 fully saturated rings. The third-order valence-corrected chi connectivity index (χ3v) is 3.19. The van der Waals surface area contributed by atoms with Gasteiger partial charge >= 0.3 is 0 Å². The lowest BCUT2D eigenvalue weighted by Gasteiger charge is -2.23. The number of ether oxygens (including phenoxy) is 1. The van der Waals surface area contributed by atoms with Gasteiger partial charge in [-0.1, -0.05) is 26.3 Å². The van der Waals surface area contributed by atoms with Crippen LogP contribution in [0.25, 0.3) is 0 Å². The standard InChI is InChI=1S/C13H25NO/c1-5-6-7-8-11(2)12(15-4)14-13(3)9-10-13/h12,14H,2,5-10H2,1,3-4H3. The lowest BCUT2D eigenvalue weighted by Crippen LogP contribution is -2.40. The van der Waals surface area contributed by atoms with Gasteiger partial charge in [-0.25, -0.2) is 0 Å². The summed E-state index contributed by atoms with van der Waals surface area (Å²) in [7, 11) is 1.76. The van der Waals surface area contributed by atoms with Crippen LogP contribution in [0.3, 0.4) is 0 Å². The normalized spacial score (nSPS) is 19.9. The molecule has 0 radical (unpaired) electrons. The Bertz CT molecular complexity index is 209. The van der Waals surface area contributed by atoms with E-state index < -0.39 is 0 Å². The quantitative estimate of drug-likeness (QED) is 0.378. The summed E-state index contributed by atoms with van der Waals surface area (Å²) in [5.74, 6) is 0. The van der Waals surface area contributed by atoms with E-state index in [1.807, 2.05) is 0 Å². The predicted molar refractivity (Wildman–Crippen MR) is 64.9 cm³/mol. The number of rotatable bonds is 8. The molecule has 88 valence electrons. The van der Waals surface area contributed by atoms with Crippen molar-refractivity contribution in [1.29, 1.82) is 0 Å². The molecule has 15 heavy (non-hydrogen) atoms. The average molecular weight is 211 g/mol. The topological polar surface area (TPSA) is 21.3 Å². The molecule has 0 aromatic heterocycles. The zero-order valence-corrected chi connectivity index (χ0v) is 10.4.